The SMILES string of the molecule is NC1Sc2ccccc2C1(N)c1ccc(Cl)c(C(F)(F)F)c1. The van der Waals surface area contributed by atoms with E-state index in [2.05, 4.69) is 0 Å². The van der Waals surface area contributed by atoms with Crippen LogP contribution >= 0.6 is 23.4 Å². The number of hydrogen-bond donors (Lipinski definition) is 2. The highest BCUT2D eigenvalue weighted by atomic mass is 35.5. The Morgan fingerprint density at radius 2 is 1.82 bits per heavy atom. The van der Waals surface area contributed by atoms with Gasteiger partial charge in [0, 0.05) is 4.90 Å². The van der Waals surface area contributed by atoms with Crippen molar-refractivity contribution in [1.29, 1.82) is 0 Å². The highest BCUT2D eigenvalue weighted by Gasteiger charge is 2.45. The molecule has 2 nitrogen and oxygen atoms in total. The third kappa shape index (κ3) is 2.31. The van der Waals surface area contributed by atoms with E-state index in [1.165, 1.54) is 23.9 Å². The molecule has 0 aromatic heterocycles. The molecular weight excluding hydrogens is 333 g/mol. The monoisotopic (exact) mass is 344 g/mol. The summed E-state index contributed by atoms with van der Waals surface area (Å²) in [5, 5.41) is -0.931. The van der Waals surface area contributed by atoms with Gasteiger partial charge in [-0.25, -0.2) is 0 Å². The van der Waals surface area contributed by atoms with Gasteiger partial charge in [0.05, 0.1) is 21.5 Å². The number of hydrogen-bond acceptors (Lipinski definition) is 3. The van der Waals surface area contributed by atoms with Gasteiger partial charge in [-0.05, 0) is 29.3 Å². The van der Waals surface area contributed by atoms with Crippen LogP contribution in [0, 0.1) is 0 Å². The number of halogens is 4. The molecule has 1 aliphatic heterocycles. The predicted molar refractivity (Wildman–Crippen MR) is 81.7 cm³/mol. The Balaban J connectivity index is 2.19. The standard InChI is InChI=1S/C15H12ClF3N2S/c16-11-6-5-8(7-10(11)15(17,18)19)14(21)9-3-1-2-4-12(9)22-13(14)20/h1-7,13H,20-21H2. The summed E-state index contributed by atoms with van der Waals surface area (Å²) >= 11 is 7.02. The van der Waals surface area contributed by atoms with Gasteiger partial charge in [-0.15, -0.1) is 11.8 Å². The van der Waals surface area contributed by atoms with Gasteiger partial charge in [0.1, 0.15) is 0 Å². The first-order valence-corrected chi connectivity index (χ1v) is 7.68. The maximum Gasteiger partial charge on any atom is 0.417 e. The first-order valence-electron chi connectivity index (χ1n) is 6.42. The highest BCUT2D eigenvalue weighted by molar-refractivity contribution is 8.00. The summed E-state index contributed by atoms with van der Waals surface area (Å²) in [5.74, 6) is 0. The van der Waals surface area contributed by atoms with Gasteiger partial charge in [-0.1, -0.05) is 35.9 Å². The van der Waals surface area contributed by atoms with Crippen LogP contribution in [0.4, 0.5) is 13.2 Å². The van der Waals surface area contributed by atoms with E-state index in [0.717, 1.165) is 16.5 Å². The summed E-state index contributed by atoms with van der Waals surface area (Å²) in [4.78, 5) is 0.876. The van der Waals surface area contributed by atoms with Crippen molar-refractivity contribution in [2.75, 3.05) is 0 Å². The van der Waals surface area contributed by atoms with E-state index >= 15 is 0 Å². The van der Waals surface area contributed by atoms with Crippen molar-refractivity contribution >= 4 is 23.4 Å². The molecule has 3 rings (SSSR count). The van der Waals surface area contributed by atoms with Gasteiger partial charge in [0.25, 0.3) is 0 Å². The number of fused-ring (bicyclic) bond motifs is 1. The first kappa shape index (κ1) is 15.7. The van der Waals surface area contributed by atoms with Crippen molar-refractivity contribution in [3.63, 3.8) is 0 Å². The van der Waals surface area contributed by atoms with Crippen LogP contribution in [0.1, 0.15) is 16.7 Å². The van der Waals surface area contributed by atoms with Crippen molar-refractivity contribution < 1.29 is 13.2 Å². The Morgan fingerprint density at radius 1 is 1.14 bits per heavy atom. The number of rotatable bonds is 1. The van der Waals surface area contributed by atoms with Crippen LogP contribution in [0.2, 0.25) is 5.02 Å². The largest absolute Gasteiger partial charge is 0.417 e. The third-order valence-corrected chi connectivity index (χ3v) is 5.35. The molecule has 0 radical (unpaired) electrons. The highest BCUT2D eigenvalue weighted by Crippen LogP contribution is 2.48. The van der Waals surface area contributed by atoms with Gasteiger partial charge >= 0.3 is 6.18 Å². The van der Waals surface area contributed by atoms with Gasteiger partial charge in [-0.2, -0.15) is 13.2 Å². The average molecular weight is 345 g/mol. The molecule has 0 saturated heterocycles. The van der Waals surface area contributed by atoms with E-state index in [1.807, 2.05) is 12.1 Å². The lowest BCUT2D eigenvalue weighted by molar-refractivity contribution is -0.137. The Labute approximate surface area is 134 Å². The quantitative estimate of drug-likeness (QED) is 0.823. The molecule has 0 saturated carbocycles. The molecule has 2 aromatic carbocycles. The van der Waals surface area contributed by atoms with Gasteiger partial charge in [-0.3, -0.25) is 0 Å². The molecule has 0 bridgehead atoms. The summed E-state index contributed by atoms with van der Waals surface area (Å²) in [5.41, 5.74) is 11.5. The van der Waals surface area contributed by atoms with Crippen LogP contribution in [-0.4, -0.2) is 5.37 Å². The molecule has 2 atom stereocenters. The first-order chi connectivity index (χ1) is 10.2. The topological polar surface area (TPSA) is 52.0 Å². The molecule has 0 fully saturated rings. The van der Waals surface area contributed by atoms with E-state index in [1.54, 1.807) is 12.1 Å². The Bertz CT molecular complexity index is 735. The lowest BCUT2D eigenvalue weighted by Crippen LogP contribution is -2.49. The van der Waals surface area contributed by atoms with Gasteiger partial charge < -0.3 is 11.5 Å². The Morgan fingerprint density at radius 3 is 2.50 bits per heavy atom. The zero-order valence-electron chi connectivity index (χ0n) is 11.2. The van der Waals surface area contributed by atoms with Crippen molar-refractivity contribution in [1.82, 2.24) is 0 Å². The van der Waals surface area contributed by atoms with Crippen LogP contribution in [0.5, 0.6) is 0 Å². The Kier molecular flexibility index (Phi) is 3.68. The van der Waals surface area contributed by atoms with E-state index in [-0.39, 0.29) is 5.02 Å². The molecule has 0 spiro atoms. The molecule has 2 unspecified atom stereocenters. The molecule has 116 valence electrons. The van der Waals surface area contributed by atoms with Crippen molar-refractivity contribution in [3.05, 3.63) is 64.2 Å². The number of alkyl halides is 3. The normalized spacial score (nSPS) is 24.4. The molecule has 22 heavy (non-hydrogen) atoms. The summed E-state index contributed by atoms with van der Waals surface area (Å²) in [6, 6.07) is 11.0. The minimum absolute atomic E-state index is 0.300. The van der Waals surface area contributed by atoms with E-state index in [0.29, 0.717) is 5.56 Å². The summed E-state index contributed by atoms with van der Waals surface area (Å²) in [6.07, 6.45) is -4.54. The molecule has 0 aliphatic carbocycles. The molecule has 4 N–H and O–H groups in total. The fraction of sp³-hybridized carbons (Fsp3) is 0.200. The van der Waals surface area contributed by atoms with E-state index in [4.69, 9.17) is 23.1 Å². The molecule has 7 heteroatoms. The lowest BCUT2D eigenvalue weighted by Gasteiger charge is -2.30. The summed E-state index contributed by atoms with van der Waals surface area (Å²) in [6.45, 7) is 0. The maximum absolute atomic E-state index is 13.1. The molecule has 0 amide bonds. The van der Waals surface area contributed by atoms with Crippen molar-refractivity contribution in [2.24, 2.45) is 11.5 Å². The molecular formula is C15H12ClF3N2S. The molecule has 2 aromatic rings. The van der Waals surface area contributed by atoms with Gasteiger partial charge in [0.2, 0.25) is 0 Å². The fourth-order valence-corrected chi connectivity index (χ4v) is 4.08. The minimum atomic E-state index is -4.54. The summed E-state index contributed by atoms with van der Waals surface area (Å²) in [7, 11) is 0. The lowest BCUT2D eigenvalue weighted by atomic mass is 9.83. The average Bonchev–Trinajstić information content (AvgIpc) is 2.71. The van der Waals surface area contributed by atoms with Gasteiger partial charge in [0.15, 0.2) is 0 Å². The number of nitrogens with two attached hydrogens (primary N) is 2. The molecule has 1 heterocycles. The van der Waals surface area contributed by atoms with Crippen molar-refractivity contribution in [3.8, 4) is 0 Å². The fourth-order valence-electron chi connectivity index (χ4n) is 2.61. The predicted octanol–water partition coefficient (Wildman–Crippen LogP) is 3.95. The zero-order chi connectivity index (χ0) is 16.1. The Hall–Kier alpha value is -1.21. The van der Waals surface area contributed by atoms with Crippen LogP contribution in [0.3, 0.4) is 0 Å². The number of thioether (sulfide) groups is 1. The summed E-state index contributed by atoms with van der Waals surface area (Å²) < 4.78 is 39.2. The second-order valence-electron chi connectivity index (χ2n) is 5.10. The maximum atomic E-state index is 13.1. The zero-order valence-corrected chi connectivity index (χ0v) is 12.8. The smallest absolute Gasteiger partial charge is 0.317 e. The minimum Gasteiger partial charge on any atom is -0.317 e. The van der Waals surface area contributed by atoms with E-state index < -0.39 is 22.7 Å². The molecule has 1 aliphatic rings. The van der Waals surface area contributed by atoms with E-state index in [9.17, 15) is 13.2 Å². The van der Waals surface area contributed by atoms with Crippen LogP contribution in [0.15, 0.2) is 47.4 Å². The number of benzene rings is 2. The van der Waals surface area contributed by atoms with Crippen LogP contribution in [-0.2, 0) is 11.7 Å². The van der Waals surface area contributed by atoms with Crippen molar-refractivity contribution in [2.45, 2.75) is 22.0 Å². The van der Waals surface area contributed by atoms with Crippen LogP contribution in [0.25, 0.3) is 0 Å². The second kappa shape index (κ2) is 5.16. The third-order valence-electron chi connectivity index (χ3n) is 3.78. The second-order valence-corrected chi connectivity index (χ2v) is 6.69. The van der Waals surface area contributed by atoms with Crippen LogP contribution < -0.4 is 11.5 Å².